The number of ether oxygens (including phenoxy) is 2. The van der Waals surface area contributed by atoms with Gasteiger partial charge in [-0.25, -0.2) is 4.98 Å². The molecule has 4 aromatic rings. The predicted octanol–water partition coefficient (Wildman–Crippen LogP) is 3.93. The molecular weight excluding hydrogens is 364 g/mol. The number of methoxy groups -OCH3 is 2. The molecule has 0 N–H and O–H groups in total. The molecular formula is C19H18N4O3S. The lowest BCUT2D eigenvalue weighted by Crippen LogP contribution is -1.95. The Labute approximate surface area is 160 Å². The number of benzene rings is 2. The molecule has 0 saturated carbocycles. The van der Waals surface area contributed by atoms with E-state index in [1.165, 1.54) is 11.8 Å². The average molecular weight is 382 g/mol. The van der Waals surface area contributed by atoms with Crippen molar-refractivity contribution in [3.63, 3.8) is 0 Å². The van der Waals surface area contributed by atoms with Gasteiger partial charge in [0.1, 0.15) is 5.82 Å². The van der Waals surface area contributed by atoms with E-state index in [-0.39, 0.29) is 0 Å². The van der Waals surface area contributed by atoms with E-state index in [0.29, 0.717) is 28.4 Å². The van der Waals surface area contributed by atoms with E-state index in [0.717, 1.165) is 22.4 Å². The summed E-state index contributed by atoms with van der Waals surface area (Å²) in [5.41, 5.74) is 2.85. The fraction of sp³-hybridized carbons (Fsp3) is 0.211. The molecule has 2 heterocycles. The quantitative estimate of drug-likeness (QED) is 0.468. The van der Waals surface area contributed by atoms with Crippen LogP contribution in [0.2, 0.25) is 0 Å². The van der Waals surface area contributed by atoms with Crippen molar-refractivity contribution in [1.82, 2.24) is 19.7 Å². The first-order valence-corrected chi connectivity index (χ1v) is 9.27. The van der Waals surface area contributed by atoms with Crippen molar-refractivity contribution < 1.29 is 13.9 Å². The van der Waals surface area contributed by atoms with Gasteiger partial charge in [0.2, 0.25) is 5.89 Å². The van der Waals surface area contributed by atoms with E-state index < -0.39 is 0 Å². The Bertz CT molecular complexity index is 1090. The van der Waals surface area contributed by atoms with Crippen LogP contribution in [-0.4, -0.2) is 34.0 Å². The predicted molar refractivity (Wildman–Crippen MR) is 103 cm³/mol. The second kappa shape index (κ2) is 7.32. The Hall–Kier alpha value is -3.00. The molecule has 0 amide bonds. The van der Waals surface area contributed by atoms with E-state index in [1.54, 1.807) is 14.2 Å². The minimum Gasteiger partial charge on any atom is -0.493 e. The maximum absolute atomic E-state index is 5.79. The highest BCUT2D eigenvalue weighted by Crippen LogP contribution is 2.33. The Morgan fingerprint density at radius 1 is 1.04 bits per heavy atom. The molecule has 0 radical (unpaired) electrons. The average Bonchev–Trinajstić information content (AvgIpc) is 3.31. The summed E-state index contributed by atoms with van der Waals surface area (Å²) in [5, 5.41) is 8.75. The van der Waals surface area contributed by atoms with Gasteiger partial charge in [0, 0.05) is 12.6 Å². The summed E-state index contributed by atoms with van der Waals surface area (Å²) < 4.78 is 18.4. The van der Waals surface area contributed by atoms with Crippen molar-refractivity contribution in [3.8, 4) is 23.0 Å². The molecule has 0 atom stereocenters. The van der Waals surface area contributed by atoms with Crippen molar-refractivity contribution in [1.29, 1.82) is 0 Å². The minimum atomic E-state index is 0.434. The third kappa shape index (κ3) is 3.35. The number of imidazole rings is 1. The molecule has 0 unspecified atom stereocenters. The molecule has 138 valence electrons. The number of aromatic nitrogens is 4. The van der Waals surface area contributed by atoms with Crippen molar-refractivity contribution in [2.45, 2.75) is 11.0 Å². The monoisotopic (exact) mass is 382 g/mol. The summed E-state index contributed by atoms with van der Waals surface area (Å²) in [6.07, 6.45) is 0. The maximum atomic E-state index is 5.79. The number of para-hydroxylation sites is 2. The number of rotatable bonds is 6. The molecule has 2 aromatic heterocycles. The first-order chi connectivity index (χ1) is 13.2. The molecule has 27 heavy (non-hydrogen) atoms. The smallest absolute Gasteiger partial charge is 0.277 e. The molecule has 0 spiro atoms. The van der Waals surface area contributed by atoms with Crippen LogP contribution in [0, 0.1) is 0 Å². The maximum Gasteiger partial charge on any atom is 0.277 e. The third-order valence-electron chi connectivity index (χ3n) is 4.24. The summed E-state index contributed by atoms with van der Waals surface area (Å²) in [6, 6.07) is 13.5. The van der Waals surface area contributed by atoms with Gasteiger partial charge in [0.05, 0.1) is 31.0 Å². The molecule has 0 bridgehead atoms. The number of thioether (sulfide) groups is 1. The fourth-order valence-corrected chi connectivity index (χ4v) is 3.55. The first-order valence-electron chi connectivity index (χ1n) is 8.28. The van der Waals surface area contributed by atoms with Crippen LogP contribution in [0.25, 0.3) is 22.5 Å². The van der Waals surface area contributed by atoms with E-state index in [4.69, 9.17) is 13.9 Å². The van der Waals surface area contributed by atoms with Crippen LogP contribution >= 0.6 is 11.8 Å². The standard InChI is InChI=1S/C19H18N4O3S/c1-23-14-7-5-4-6-13(14)20-17(23)11-27-19-22-21-18(26-19)12-8-9-15(24-2)16(10-12)25-3/h4-10H,11H2,1-3H3. The van der Waals surface area contributed by atoms with Crippen molar-refractivity contribution >= 4 is 22.8 Å². The molecule has 4 rings (SSSR count). The number of aryl methyl sites for hydroxylation is 1. The Balaban J connectivity index is 1.52. The van der Waals surface area contributed by atoms with Crippen LogP contribution in [0.3, 0.4) is 0 Å². The van der Waals surface area contributed by atoms with Crippen LogP contribution < -0.4 is 9.47 Å². The lowest BCUT2D eigenvalue weighted by Gasteiger charge is -2.07. The second-order valence-corrected chi connectivity index (χ2v) is 6.73. The molecule has 0 aliphatic heterocycles. The normalized spacial score (nSPS) is 11.1. The summed E-state index contributed by atoms with van der Waals surface area (Å²) in [5.74, 6) is 3.29. The van der Waals surface area contributed by atoms with Crippen molar-refractivity contribution in [2.75, 3.05) is 14.2 Å². The molecule has 0 aliphatic carbocycles. The zero-order chi connectivity index (χ0) is 18.8. The molecule has 7 nitrogen and oxygen atoms in total. The van der Waals surface area contributed by atoms with E-state index in [1.807, 2.05) is 43.4 Å². The summed E-state index contributed by atoms with van der Waals surface area (Å²) in [6.45, 7) is 0. The van der Waals surface area contributed by atoms with Gasteiger partial charge in [-0.15, -0.1) is 10.2 Å². The fourth-order valence-electron chi connectivity index (χ4n) is 2.80. The van der Waals surface area contributed by atoms with Gasteiger partial charge in [0.15, 0.2) is 11.5 Å². The van der Waals surface area contributed by atoms with E-state index >= 15 is 0 Å². The van der Waals surface area contributed by atoms with Gasteiger partial charge in [-0.2, -0.15) is 0 Å². The number of hydrogen-bond donors (Lipinski definition) is 0. The van der Waals surface area contributed by atoms with Gasteiger partial charge >= 0.3 is 0 Å². The zero-order valence-corrected chi connectivity index (χ0v) is 16.0. The third-order valence-corrected chi connectivity index (χ3v) is 5.06. The molecule has 0 aliphatic rings. The van der Waals surface area contributed by atoms with E-state index in [2.05, 4.69) is 25.8 Å². The van der Waals surface area contributed by atoms with Crippen molar-refractivity contribution in [3.05, 3.63) is 48.3 Å². The highest BCUT2D eigenvalue weighted by Gasteiger charge is 2.14. The van der Waals surface area contributed by atoms with Crippen LogP contribution in [0.15, 0.2) is 52.1 Å². The van der Waals surface area contributed by atoms with Crippen LogP contribution in [-0.2, 0) is 12.8 Å². The van der Waals surface area contributed by atoms with E-state index in [9.17, 15) is 0 Å². The SMILES string of the molecule is COc1ccc(-c2nnc(SCc3nc4ccccc4n3C)o2)cc1OC. The molecule has 2 aromatic carbocycles. The largest absolute Gasteiger partial charge is 0.493 e. The number of hydrogen-bond acceptors (Lipinski definition) is 7. The highest BCUT2D eigenvalue weighted by molar-refractivity contribution is 7.98. The Morgan fingerprint density at radius 2 is 1.85 bits per heavy atom. The van der Waals surface area contributed by atoms with Crippen LogP contribution in [0.1, 0.15) is 5.82 Å². The van der Waals surface area contributed by atoms with Crippen LogP contribution in [0.4, 0.5) is 0 Å². The van der Waals surface area contributed by atoms with Gasteiger partial charge in [-0.1, -0.05) is 23.9 Å². The molecule has 0 fully saturated rings. The minimum absolute atomic E-state index is 0.434. The van der Waals surface area contributed by atoms with Crippen molar-refractivity contribution in [2.24, 2.45) is 7.05 Å². The lowest BCUT2D eigenvalue weighted by molar-refractivity contribution is 0.355. The Kier molecular flexibility index (Phi) is 4.72. The Morgan fingerprint density at radius 3 is 2.63 bits per heavy atom. The van der Waals surface area contributed by atoms with Gasteiger partial charge in [-0.3, -0.25) is 0 Å². The first kappa shape index (κ1) is 17.4. The topological polar surface area (TPSA) is 75.2 Å². The van der Waals surface area contributed by atoms with Gasteiger partial charge in [-0.05, 0) is 30.3 Å². The lowest BCUT2D eigenvalue weighted by atomic mass is 10.2. The van der Waals surface area contributed by atoms with Crippen LogP contribution in [0.5, 0.6) is 11.5 Å². The van der Waals surface area contributed by atoms with Gasteiger partial charge < -0.3 is 18.5 Å². The number of fused-ring (bicyclic) bond motifs is 1. The molecule has 8 heteroatoms. The summed E-state index contributed by atoms with van der Waals surface area (Å²) in [7, 11) is 5.20. The highest BCUT2D eigenvalue weighted by atomic mass is 32.2. The molecule has 0 saturated heterocycles. The number of nitrogens with zero attached hydrogens (tertiary/aromatic N) is 4. The zero-order valence-electron chi connectivity index (χ0n) is 15.2. The second-order valence-electron chi connectivity index (χ2n) is 5.81. The summed E-state index contributed by atoms with van der Waals surface area (Å²) in [4.78, 5) is 4.66. The summed E-state index contributed by atoms with van der Waals surface area (Å²) >= 11 is 1.46. The van der Waals surface area contributed by atoms with Gasteiger partial charge in [0.25, 0.3) is 5.22 Å².